The summed E-state index contributed by atoms with van der Waals surface area (Å²) in [6.45, 7) is 2.05. The first-order valence-corrected chi connectivity index (χ1v) is 10.6. The second kappa shape index (κ2) is 8.83. The zero-order valence-corrected chi connectivity index (χ0v) is 17.2. The Morgan fingerprint density at radius 2 is 2.07 bits per heavy atom. The lowest BCUT2D eigenvalue weighted by Gasteiger charge is -2.33. The molecule has 1 aliphatic carbocycles. The van der Waals surface area contributed by atoms with E-state index < -0.39 is 0 Å². The molecule has 8 heteroatoms. The third-order valence-corrected chi connectivity index (χ3v) is 6.05. The maximum atomic E-state index is 9.73. The molecule has 3 heterocycles. The Bertz CT molecular complexity index is 844. The number of nitrogens with one attached hydrogen (secondary N) is 2. The number of aliphatic hydroxyl groups is 1. The Balaban J connectivity index is 1.47. The molecule has 29 heavy (non-hydrogen) atoms. The second-order valence-corrected chi connectivity index (χ2v) is 8.50. The first kappa shape index (κ1) is 20.3. The van der Waals surface area contributed by atoms with Crippen molar-refractivity contribution in [3.63, 3.8) is 0 Å². The van der Waals surface area contributed by atoms with Crippen molar-refractivity contribution >= 4 is 23.2 Å². The van der Waals surface area contributed by atoms with E-state index in [-0.39, 0.29) is 17.7 Å². The molecule has 0 bridgehead atoms. The summed E-state index contributed by atoms with van der Waals surface area (Å²) < 4.78 is 5.41. The van der Waals surface area contributed by atoms with Crippen LogP contribution in [0.15, 0.2) is 30.5 Å². The maximum Gasteiger partial charge on any atom is 0.126 e. The Labute approximate surface area is 176 Å². The van der Waals surface area contributed by atoms with E-state index in [1.54, 1.807) is 6.20 Å². The first-order valence-electron chi connectivity index (χ1n) is 10.2. The van der Waals surface area contributed by atoms with Gasteiger partial charge in [-0.2, -0.15) is 0 Å². The topological polar surface area (TPSA) is 105 Å². The van der Waals surface area contributed by atoms with Gasteiger partial charge >= 0.3 is 0 Å². The van der Waals surface area contributed by atoms with E-state index in [0.717, 1.165) is 55.0 Å². The lowest BCUT2D eigenvalue weighted by Crippen LogP contribution is -2.50. The summed E-state index contributed by atoms with van der Waals surface area (Å²) in [5.41, 5.74) is 7.78. The van der Waals surface area contributed by atoms with Crippen molar-refractivity contribution in [1.82, 2.24) is 9.97 Å². The van der Waals surface area contributed by atoms with Crippen molar-refractivity contribution in [1.29, 1.82) is 0 Å². The summed E-state index contributed by atoms with van der Waals surface area (Å²) in [7, 11) is 0. The van der Waals surface area contributed by atoms with Crippen molar-refractivity contribution in [3.8, 4) is 11.3 Å². The van der Waals surface area contributed by atoms with Crippen LogP contribution < -0.4 is 16.4 Å². The highest BCUT2D eigenvalue weighted by atomic mass is 35.5. The highest BCUT2D eigenvalue weighted by Gasteiger charge is 2.28. The van der Waals surface area contributed by atoms with E-state index in [2.05, 4.69) is 15.6 Å². The normalized spacial score (nSPS) is 23.7. The molecule has 156 valence electrons. The molecular formula is C21H28ClN5O2. The third kappa shape index (κ3) is 5.17. The van der Waals surface area contributed by atoms with E-state index in [9.17, 15) is 5.11 Å². The fourth-order valence-corrected chi connectivity index (χ4v) is 4.12. The van der Waals surface area contributed by atoms with Crippen LogP contribution in [0.3, 0.4) is 0 Å². The van der Waals surface area contributed by atoms with Gasteiger partial charge in [-0.3, -0.25) is 0 Å². The molecule has 1 saturated carbocycles. The molecule has 2 aromatic heterocycles. The maximum absolute atomic E-state index is 9.73. The molecule has 0 spiro atoms. The molecule has 1 saturated heterocycles. The van der Waals surface area contributed by atoms with Gasteiger partial charge in [0.05, 0.1) is 16.8 Å². The quantitative estimate of drug-likeness (QED) is 0.572. The van der Waals surface area contributed by atoms with E-state index in [1.165, 1.54) is 0 Å². The van der Waals surface area contributed by atoms with Crippen molar-refractivity contribution < 1.29 is 9.84 Å². The molecule has 2 aliphatic rings. The number of pyridine rings is 2. The molecule has 7 nitrogen and oxygen atoms in total. The minimum atomic E-state index is -0.271. The zero-order valence-electron chi connectivity index (χ0n) is 16.4. The monoisotopic (exact) mass is 417 g/mol. The van der Waals surface area contributed by atoms with Crippen LogP contribution in [0.5, 0.6) is 0 Å². The van der Waals surface area contributed by atoms with Gasteiger partial charge in [-0.05, 0) is 50.3 Å². The van der Waals surface area contributed by atoms with Crippen molar-refractivity contribution in [3.05, 3.63) is 35.5 Å². The molecule has 5 N–H and O–H groups in total. The standard InChI is InChI=1S/C21H28ClN5O2/c22-17-12-24-20(26-14-4-5-15(28)10-14)11-16(17)18-2-1-3-19(27-18)25-13-21(23)6-8-29-9-7-21/h1-3,11-12,14-15,28H,4-10,13,23H2,(H,24,26)(H,25,27)/t14-,15+/m0/s1. The number of hydrogen-bond acceptors (Lipinski definition) is 7. The number of ether oxygens (including phenoxy) is 1. The van der Waals surface area contributed by atoms with Crippen LogP contribution in [0, 0.1) is 0 Å². The Morgan fingerprint density at radius 1 is 1.24 bits per heavy atom. The Hall–Kier alpha value is -1.93. The SMILES string of the molecule is NC1(CNc2cccc(-c3cc(N[C@H]4CC[C@@H](O)C4)ncc3Cl)n2)CCOCC1. The van der Waals surface area contributed by atoms with Crippen molar-refractivity contribution in [2.24, 2.45) is 5.73 Å². The fourth-order valence-electron chi connectivity index (χ4n) is 3.92. The average molecular weight is 418 g/mol. The summed E-state index contributed by atoms with van der Waals surface area (Å²) in [6, 6.07) is 7.97. The highest BCUT2D eigenvalue weighted by molar-refractivity contribution is 6.33. The largest absolute Gasteiger partial charge is 0.393 e. The van der Waals surface area contributed by atoms with Crippen molar-refractivity contribution in [2.45, 2.75) is 49.8 Å². The Morgan fingerprint density at radius 3 is 2.83 bits per heavy atom. The molecule has 0 radical (unpaired) electrons. The summed E-state index contributed by atoms with van der Waals surface area (Å²) in [5.74, 6) is 1.51. The van der Waals surface area contributed by atoms with Crippen LogP contribution in [-0.4, -0.2) is 52.5 Å². The van der Waals surface area contributed by atoms with E-state index in [4.69, 9.17) is 27.1 Å². The smallest absolute Gasteiger partial charge is 0.126 e. The second-order valence-electron chi connectivity index (χ2n) is 8.09. The van der Waals surface area contributed by atoms with Gasteiger partial charge in [-0.15, -0.1) is 0 Å². The van der Waals surface area contributed by atoms with Gasteiger partial charge in [-0.25, -0.2) is 9.97 Å². The Kier molecular flexibility index (Phi) is 6.20. The predicted molar refractivity (Wildman–Crippen MR) is 115 cm³/mol. The van der Waals surface area contributed by atoms with Crippen LogP contribution >= 0.6 is 11.6 Å². The lowest BCUT2D eigenvalue weighted by atomic mass is 9.91. The minimum Gasteiger partial charge on any atom is -0.393 e. The summed E-state index contributed by atoms with van der Waals surface area (Å²) in [4.78, 5) is 9.11. The first-order chi connectivity index (χ1) is 14.0. The minimum absolute atomic E-state index is 0.229. The number of rotatable bonds is 6. The molecular weight excluding hydrogens is 390 g/mol. The van der Waals surface area contributed by atoms with E-state index in [0.29, 0.717) is 24.8 Å². The van der Waals surface area contributed by atoms with E-state index in [1.807, 2.05) is 24.3 Å². The molecule has 0 unspecified atom stereocenters. The number of halogens is 1. The van der Waals surface area contributed by atoms with E-state index >= 15 is 0 Å². The van der Waals surface area contributed by atoms with Crippen LogP contribution in [0.25, 0.3) is 11.3 Å². The molecule has 2 atom stereocenters. The molecule has 2 aromatic rings. The molecule has 0 aromatic carbocycles. The number of nitrogens with two attached hydrogens (primary N) is 1. The fraction of sp³-hybridized carbons (Fsp3) is 0.524. The molecule has 1 aliphatic heterocycles. The van der Waals surface area contributed by atoms with Crippen molar-refractivity contribution in [2.75, 3.05) is 30.4 Å². The van der Waals surface area contributed by atoms with Gasteiger partial charge < -0.3 is 26.2 Å². The van der Waals surface area contributed by atoms with Crippen LogP contribution in [0.1, 0.15) is 32.1 Å². The van der Waals surface area contributed by atoms with Gasteiger partial charge in [0.2, 0.25) is 0 Å². The lowest BCUT2D eigenvalue weighted by molar-refractivity contribution is 0.0574. The van der Waals surface area contributed by atoms with Gasteiger partial charge in [0, 0.05) is 43.1 Å². The molecule has 4 rings (SSSR count). The zero-order chi connectivity index (χ0) is 20.3. The number of nitrogens with zero attached hydrogens (tertiary/aromatic N) is 2. The summed E-state index contributed by atoms with van der Waals surface area (Å²) in [5, 5.41) is 17.0. The van der Waals surface area contributed by atoms with Gasteiger partial charge in [0.25, 0.3) is 0 Å². The molecule has 0 amide bonds. The van der Waals surface area contributed by atoms with Crippen LogP contribution in [0.4, 0.5) is 11.6 Å². The average Bonchev–Trinajstić information content (AvgIpc) is 3.13. The van der Waals surface area contributed by atoms with Gasteiger partial charge in [0.1, 0.15) is 11.6 Å². The van der Waals surface area contributed by atoms with Crippen LogP contribution in [-0.2, 0) is 4.74 Å². The number of anilines is 2. The van der Waals surface area contributed by atoms with Gasteiger partial charge in [0.15, 0.2) is 0 Å². The number of aliphatic hydroxyl groups excluding tert-OH is 1. The third-order valence-electron chi connectivity index (χ3n) is 5.75. The summed E-state index contributed by atoms with van der Waals surface area (Å²) in [6.07, 6.45) is 5.57. The molecule has 2 fully saturated rings. The summed E-state index contributed by atoms with van der Waals surface area (Å²) >= 11 is 6.42. The predicted octanol–water partition coefficient (Wildman–Crippen LogP) is 3.04. The highest BCUT2D eigenvalue weighted by Crippen LogP contribution is 2.30. The van der Waals surface area contributed by atoms with Crippen LogP contribution in [0.2, 0.25) is 5.02 Å². The number of hydrogen-bond donors (Lipinski definition) is 4. The van der Waals surface area contributed by atoms with Gasteiger partial charge in [-0.1, -0.05) is 17.7 Å². The number of aromatic nitrogens is 2.